The van der Waals surface area contributed by atoms with Gasteiger partial charge in [0.15, 0.2) is 0 Å². The fourth-order valence-corrected chi connectivity index (χ4v) is 4.74. The van der Waals surface area contributed by atoms with Crippen LogP contribution < -0.4 is 0 Å². The highest BCUT2D eigenvalue weighted by Gasteiger charge is 2.49. The van der Waals surface area contributed by atoms with Crippen molar-refractivity contribution in [2.24, 2.45) is 17.3 Å². The summed E-state index contributed by atoms with van der Waals surface area (Å²) in [7, 11) is 0. The normalized spacial score (nSPS) is 19.6. The van der Waals surface area contributed by atoms with E-state index in [1.54, 1.807) is 0 Å². The summed E-state index contributed by atoms with van der Waals surface area (Å²) >= 11 is 0. The standard InChI is InChI=1S/C23H41NO3/c1-7-9-11-12-14-18(13-10-8-2)19-15-20(26)24(21(19)27)23(5,6)16-22(3,4)17-25/h17-19H,7-16H2,1-6H3. The SMILES string of the molecule is CCCCCCC(CCCC)C1CC(=O)N(C(C)(C)CC(C)(C)C=O)C1=O. The molecule has 2 atom stereocenters. The average molecular weight is 380 g/mol. The third-order valence-electron chi connectivity index (χ3n) is 5.92. The summed E-state index contributed by atoms with van der Waals surface area (Å²) in [5.74, 6) is 0.0532. The van der Waals surface area contributed by atoms with Gasteiger partial charge < -0.3 is 4.79 Å². The van der Waals surface area contributed by atoms with Crippen LogP contribution in [0.2, 0.25) is 0 Å². The molecule has 156 valence electrons. The van der Waals surface area contributed by atoms with E-state index in [2.05, 4.69) is 13.8 Å². The maximum absolute atomic E-state index is 13.2. The topological polar surface area (TPSA) is 54.5 Å². The van der Waals surface area contributed by atoms with Gasteiger partial charge in [0.25, 0.3) is 0 Å². The Hall–Kier alpha value is -1.19. The molecule has 0 radical (unpaired) electrons. The van der Waals surface area contributed by atoms with Crippen molar-refractivity contribution in [3.05, 3.63) is 0 Å². The van der Waals surface area contributed by atoms with Crippen molar-refractivity contribution in [1.82, 2.24) is 4.90 Å². The van der Waals surface area contributed by atoms with E-state index in [0.29, 0.717) is 18.8 Å². The second-order valence-corrected chi connectivity index (χ2v) is 9.73. The van der Waals surface area contributed by atoms with Gasteiger partial charge in [-0.25, -0.2) is 0 Å². The fraction of sp³-hybridized carbons (Fsp3) is 0.870. The summed E-state index contributed by atoms with van der Waals surface area (Å²) in [6.45, 7) is 11.9. The molecule has 2 unspecified atom stereocenters. The van der Waals surface area contributed by atoms with Gasteiger partial charge in [0, 0.05) is 17.4 Å². The Bertz CT molecular complexity index is 510. The van der Waals surface area contributed by atoms with E-state index in [4.69, 9.17) is 0 Å². The van der Waals surface area contributed by atoms with Crippen molar-refractivity contribution in [3.63, 3.8) is 0 Å². The molecule has 4 nitrogen and oxygen atoms in total. The molecule has 0 bridgehead atoms. The number of rotatable bonds is 13. The van der Waals surface area contributed by atoms with Gasteiger partial charge >= 0.3 is 0 Å². The monoisotopic (exact) mass is 379 g/mol. The molecule has 0 aliphatic carbocycles. The molecule has 1 fully saturated rings. The first-order chi connectivity index (χ1) is 12.6. The first-order valence-electron chi connectivity index (χ1n) is 10.9. The van der Waals surface area contributed by atoms with Crippen molar-refractivity contribution < 1.29 is 14.4 Å². The fourth-order valence-electron chi connectivity index (χ4n) is 4.74. The van der Waals surface area contributed by atoms with Crippen molar-refractivity contribution in [2.75, 3.05) is 0 Å². The summed E-state index contributed by atoms with van der Waals surface area (Å²) in [4.78, 5) is 38.9. The minimum Gasteiger partial charge on any atom is -0.303 e. The maximum atomic E-state index is 13.2. The number of likely N-dealkylation sites (tertiary alicyclic amines) is 1. The van der Waals surface area contributed by atoms with Crippen LogP contribution in [0.5, 0.6) is 0 Å². The molecule has 1 heterocycles. The lowest BCUT2D eigenvalue weighted by Crippen LogP contribution is -2.50. The molecule has 0 saturated carbocycles. The minimum absolute atomic E-state index is 0.0108. The number of carbonyl (C=O) groups is 3. The largest absolute Gasteiger partial charge is 0.303 e. The second kappa shape index (κ2) is 10.4. The first kappa shape index (κ1) is 23.8. The van der Waals surface area contributed by atoms with Crippen LogP contribution in [0.15, 0.2) is 0 Å². The summed E-state index contributed by atoms with van der Waals surface area (Å²) in [5, 5.41) is 0. The highest BCUT2D eigenvalue weighted by molar-refractivity contribution is 6.04. The third-order valence-corrected chi connectivity index (χ3v) is 5.92. The molecule has 1 rings (SSSR count). The van der Waals surface area contributed by atoms with Crippen molar-refractivity contribution in [2.45, 2.75) is 111 Å². The quantitative estimate of drug-likeness (QED) is 0.240. The zero-order chi connectivity index (χ0) is 20.7. The number of unbranched alkanes of at least 4 members (excludes halogenated alkanes) is 4. The molecule has 0 aromatic carbocycles. The molecule has 0 spiro atoms. The van der Waals surface area contributed by atoms with E-state index in [1.165, 1.54) is 24.2 Å². The lowest BCUT2D eigenvalue weighted by Gasteiger charge is -2.38. The van der Waals surface area contributed by atoms with Crippen LogP contribution in [0.4, 0.5) is 0 Å². The average Bonchev–Trinajstić information content (AvgIpc) is 2.88. The van der Waals surface area contributed by atoms with E-state index >= 15 is 0 Å². The van der Waals surface area contributed by atoms with E-state index < -0.39 is 11.0 Å². The molecule has 1 saturated heterocycles. The lowest BCUT2D eigenvalue weighted by atomic mass is 9.80. The van der Waals surface area contributed by atoms with Gasteiger partial charge in [0.05, 0.1) is 5.92 Å². The first-order valence-corrected chi connectivity index (χ1v) is 10.9. The predicted molar refractivity (Wildman–Crippen MR) is 110 cm³/mol. The zero-order valence-electron chi connectivity index (χ0n) is 18.5. The van der Waals surface area contributed by atoms with Crippen LogP contribution in [0.1, 0.15) is 106 Å². The van der Waals surface area contributed by atoms with Crippen molar-refractivity contribution in [1.29, 1.82) is 0 Å². The molecule has 27 heavy (non-hydrogen) atoms. The lowest BCUT2D eigenvalue weighted by molar-refractivity contribution is -0.147. The minimum atomic E-state index is -0.634. The Morgan fingerprint density at radius 3 is 2.15 bits per heavy atom. The summed E-state index contributed by atoms with van der Waals surface area (Å²) < 4.78 is 0. The van der Waals surface area contributed by atoms with Crippen LogP contribution in [-0.2, 0) is 14.4 Å². The van der Waals surface area contributed by atoms with E-state index in [0.717, 1.165) is 38.4 Å². The van der Waals surface area contributed by atoms with Gasteiger partial charge in [-0.3, -0.25) is 14.5 Å². The molecule has 1 aliphatic rings. The van der Waals surface area contributed by atoms with Crippen LogP contribution in [0.3, 0.4) is 0 Å². The number of carbonyl (C=O) groups excluding carboxylic acids is 3. The molecular formula is C23H41NO3. The van der Waals surface area contributed by atoms with Crippen molar-refractivity contribution >= 4 is 18.1 Å². The number of imide groups is 1. The molecule has 0 aromatic heterocycles. The van der Waals surface area contributed by atoms with Gasteiger partial charge in [-0.2, -0.15) is 0 Å². The molecule has 0 aromatic rings. The van der Waals surface area contributed by atoms with E-state index in [9.17, 15) is 14.4 Å². The smallest absolute Gasteiger partial charge is 0.233 e. The van der Waals surface area contributed by atoms with E-state index in [1.807, 2.05) is 27.7 Å². The number of amides is 2. The van der Waals surface area contributed by atoms with Crippen LogP contribution in [0.25, 0.3) is 0 Å². The Kier molecular flexibility index (Phi) is 9.17. The number of aldehydes is 1. The molecule has 1 aliphatic heterocycles. The number of nitrogens with zero attached hydrogens (tertiary/aromatic N) is 1. The van der Waals surface area contributed by atoms with Gasteiger partial charge in [-0.05, 0) is 39.0 Å². The Balaban J connectivity index is 2.91. The summed E-state index contributed by atoms with van der Waals surface area (Å²) in [5.41, 5.74) is -1.19. The summed E-state index contributed by atoms with van der Waals surface area (Å²) in [6, 6.07) is 0. The van der Waals surface area contributed by atoms with Crippen LogP contribution >= 0.6 is 0 Å². The molecule has 2 amide bonds. The van der Waals surface area contributed by atoms with Crippen LogP contribution in [0, 0.1) is 17.3 Å². The third kappa shape index (κ3) is 6.73. The van der Waals surface area contributed by atoms with Crippen molar-refractivity contribution in [3.8, 4) is 0 Å². The predicted octanol–water partition coefficient (Wildman–Crippen LogP) is 5.53. The summed E-state index contributed by atoms with van der Waals surface area (Å²) in [6.07, 6.45) is 10.8. The maximum Gasteiger partial charge on any atom is 0.233 e. The Labute approximate surface area is 166 Å². The molecule has 0 N–H and O–H groups in total. The number of hydrogen-bond donors (Lipinski definition) is 0. The van der Waals surface area contributed by atoms with Gasteiger partial charge in [0.1, 0.15) is 6.29 Å². The van der Waals surface area contributed by atoms with Gasteiger partial charge in [-0.1, -0.05) is 66.2 Å². The second-order valence-electron chi connectivity index (χ2n) is 9.73. The van der Waals surface area contributed by atoms with Gasteiger partial charge in [0.2, 0.25) is 11.8 Å². The highest BCUT2D eigenvalue weighted by atomic mass is 16.2. The highest BCUT2D eigenvalue weighted by Crippen LogP contribution is 2.39. The Morgan fingerprint density at radius 1 is 1.00 bits per heavy atom. The Morgan fingerprint density at radius 2 is 1.59 bits per heavy atom. The van der Waals surface area contributed by atoms with Crippen LogP contribution in [-0.4, -0.2) is 28.5 Å². The molecular weight excluding hydrogens is 338 g/mol. The molecule has 4 heteroatoms. The zero-order valence-corrected chi connectivity index (χ0v) is 18.5. The van der Waals surface area contributed by atoms with E-state index in [-0.39, 0.29) is 17.7 Å². The number of hydrogen-bond acceptors (Lipinski definition) is 3. The van der Waals surface area contributed by atoms with Gasteiger partial charge in [-0.15, -0.1) is 0 Å².